The van der Waals surface area contributed by atoms with Gasteiger partial charge in [-0.3, -0.25) is 4.57 Å². The van der Waals surface area contributed by atoms with E-state index in [0.29, 0.717) is 5.39 Å². The molecule has 1 aliphatic heterocycles. The summed E-state index contributed by atoms with van der Waals surface area (Å²) >= 11 is 6.26. The van der Waals surface area contributed by atoms with E-state index in [9.17, 15) is 9.90 Å². The molecule has 1 fully saturated rings. The van der Waals surface area contributed by atoms with Crippen LogP contribution >= 0.6 is 11.6 Å². The van der Waals surface area contributed by atoms with E-state index < -0.39 is 5.97 Å². The van der Waals surface area contributed by atoms with Crippen LogP contribution < -0.4 is 5.32 Å². The number of para-hydroxylation sites is 2. The number of fused-ring (bicyclic) bond motifs is 1. The molecule has 26 heavy (non-hydrogen) atoms. The summed E-state index contributed by atoms with van der Waals surface area (Å²) in [6.45, 7) is 1.97. The number of nitrogens with one attached hydrogen (secondary N) is 1. The number of halogens is 1. The summed E-state index contributed by atoms with van der Waals surface area (Å²) in [5.41, 5.74) is 1.77. The van der Waals surface area contributed by atoms with Crippen molar-refractivity contribution in [2.24, 2.45) is 0 Å². The van der Waals surface area contributed by atoms with Gasteiger partial charge in [0.15, 0.2) is 0 Å². The van der Waals surface area contributed by atoms with Crippen molar-refractivity contribution in [3.8, 4) is 5.69 Å². The number of piperidine rings is 1. The molecule has 4 rings (SSSR count). The minimum atomic E-state index is -1.02. The van der Waals surface area contributed by atoms with Gasteiger partial charge in [-0.15, -0.1) is 0 Å². The highest BCUT2D eigenvalue weighted by molar-refractivity contribution is 6.35. The molecule has 2 aromatic carbocycles. The molecule has 136 valence electrons. The monoisotopic (exact) mass is 372 g/mol. The number of aliphatic hydroxyl groups is 1. The Kier molecular flexibility index (Phi) is 5.93. The van der Waals surface area contributed by atoms with Gasteiger partial charge in [0.25, 0.3) is 0 Å². The van der Waals surface area contributed by atoms with E-state index in [-0.39, 0.29) is 16.8 Å². The summed E-state index contributed by atoms with van der Waals surface area (Å²) in [5.74, 6) is -1.02. The number of nitrogens with zero attached hydrogens (tertiary/aromatic N) is 1. The molecule has 0 amide bonds. The van der Waals surface area contributed by atoms with Crippen molar-refractivity contribution in [2.75, 3.05) is 13.1 Å². The first-order valence-electron chi connectivity index (χ1n) is 8.56. The standard InChI is InChI=1S/C15H10ClNO2.C5H11NO/c16-14-13(15(18)19)11-8-4-5-9-12(11)17(14)10-6-2-1-3-7-10;7-5-1-3-6-4-2-5/h1-9H,(H,18,19);5-7H,1-4H2. The fourth-order valence-corrected chi connectivity index (χ4v) is 3.42. The van der Waals surface area contributed by atoms with Gasteiger partial charge < -0.3 is 15.5 Å². The predicted molar refractivity (Wildman–Crippen MR) is 103 cm³/mol. The lowest BCUT2D eigenvalue weighted by atomic mass is 10.1. The summed E-state index contributed by atoms with van der Waals surface area (Å²) in [4.78, 5) is 11.4. The molecule has 0 unspecified atom stereocenters. The van der Waals surface area contributed by atoms with Crippen LogP contribution in [0.2, 0.25) is 5.15 Å². The van der Waals surface area contributed by atoms with Crippen LogP contribution in [0, 0.1) is 0 Å². The molecule has 2 heterocycles. The second kappa shape index (κ2) is 8.36. The van der Waals surface area contributed by atoms with E-state index >= 15 is 0 Å². The van der Waals surface area contributed by atoms with E-state index in [1.165, 1.54) is 0 Å². The maximum atomic E-state index is 11.4. The number of carboxylic acid groups (broad SMARTS) is 1. The summed E-state index contributed by atoms with van der Waals surface area (Å²) in [6.07, 6.45) is 1.83. The van der Waals surface area contributed by atoms with Crippen molar-refractivity contribution < 1.29 is 15.0 Å². The van der Waals surface area contributed by atoms with Crippen molar-refractivity contribution in [3.05, 3.63) is 65.3 Å². The van der Waals surface area contributed by atoms with Crippen LogP contribution in [0.5, 0.6) is 0 Å². The molecule has 0 atom stereocenters. The number of rotatable bonds is 2. The van der Waals surface area contributed by atoms with Gasteiger partial charge in [-0.05, 0) is 44.1 Å². The molecule has 0 radical (unpaired) electrons. The van der Waals surface area contributed by atoms with Crippen LogP contribution in [0.1, 0.15) is 23.2 Å². The number of aromatic nitrogens is 1. The van der Waals surface area contributed by atoms with Gasteiger partial charge in [0.1, 0.15) is 10.7 Å². The Morgan fingerprint density at radius 3 is 2.23 bits per heavy atom. The Labute approximate surface area is 156 Å². The molecule has 3 N–H and O–H groups in total. The average molecular weight is 373 g/mol. The third kappa shape index (κ3) is 3.90. The van der Waals surface area contributed by atoms with Gasteiger partial charge >= 0.3 is 5.97 Å². The first-order chi connectivity index (χ1) is 12.6. The summed E-state index contributed by atoms with van der Waals surface area (Å²) in [5, 5.41) is 22.2. The van der Waals surface area contributed by atoms with Gasteiger partial charge in [0.2, 0.25) is 0 Å². The second-order valence-corrected chi connectivity index (χ2v) is 6.50. The Bertz CT molecular complexity index is 887. The highest BCUT2D eigenvalue weighted by Gasteiger charge is 2.21. The highest BCUT2D eigenvalue weighted by Crippen LogP contribution is 2.32. The maximum absolute atomic E-state index is 11.4. The van der Waals surface area contributed by atoms with E-state index in [4.69, 9.17) is 16.7 Å². The van der Waals surface area contributed by atoms with Crippen LogP contribution in [0.15, 0.2) is 54.6 Å². The fraction of sp³-hybridized carbons (Fsp3) is 0.250. The summed E-state index contributed by atoms with van der Waals surface area (Å²) in [7, 11) is 0. The Hall–Kier alpha value is -2.34. The zero-order valence-electron chi connectivity index (χ0n) is 14.2. The lowest BCUT2D eigenvalue weighted by Gasteiger charge is -2.16. The number of carbonyl (C=O) groups is 1. The molecule has 0 bridgehead atoms. The molecule has 6 heteroatoms. The zero-order chi connectivity index (χ0) is 18.5. The van der Waals surface area contributed by atoms with Gasteiger partial charge in [0, 0.05) is 11.1 Å². The number of aromatic carboxylic acids is 1. The Morgan fingerprint density at radius 2 is 1.65 bits per heavy atom. The molecular formula is C20H21ClN2O3. The average Bonchev–Trinajstić information content (AvgIpc) is 2.95. The molecule has 1 aromatic heterocycles. The van der Waals surface area contributed by atoms with Gasteiger partial charge in [-0.1, -0.05) is 48.0 Å². The summed E-state index contributed by atoms with van der Waals surface area (Å²) in [6, 6.07) is 16.8. The predicted octanol–water partition coefficient (Wildman–Crippen LogP) is 3.71. The van der Waals surface area contributed by atoms with Crippen LogP contribution in [0.4, 0.5) is 0 Å². The topological polar surface area (TPSA) is 74.5 Å². The summed E-state index contributed by atoms with van der Waals surface area (Å²) < 4.78 is 1.75. The highest BCUT2D eigenvalue weighted by atomic mass is 35.5. The minimum Gasteiger partial charge on any atom is -0.478 e. The quantitative estimate of drug-likeness (QED) is 0.641. The van der Waals surface area contributed by atoms with Crippen LogP contribution in [-0.2, 0) is 0 Å². The molecule has 0 spiro atoms. The fourth-order valence-electron chi connectivity index (χ4n) is 3.05. The third-order valence-corrected chi connectivity index (χ3v) is 4.71. The van der Waals surface area contributed by atoms with E-state index in [0.717, 1.165) is 37.1 Å². The van der Waals surface area contributed by atoms with Crippen LogP contribution in [0.3, 0.4) is 0 Å². The SMILES string of the molecule is O=C(O)c1c(Cl)n(-c2ccccc2)c2ccccc12.OC1CCNCC1. The number of hydrogen-bond donors (Lipinski definition) is 3. The molecule has 1 aliphatic rings. The molecule has 3 aromatic rings. The third-order valence-electron chi connectivity index (χ3n) is 4.35. The number of hydrogen-bond acceptors (Lipinski definition) is 3. The van der Waals surface area contributed by atoms with Crippen molar-refractivity contribution in [3.63, 3.8) is 0 Å². The largest absolute Gasteiger partial charge is 0.478 e. The zero-order valence-corrected chi connectivity index (χ0v) is 15.0. The number of carboxylic acids is 1. The molecule has 0 saturated carbocycles. The van der Waals surface area contributed by atoms with Gasteiger partial charge in [-0.2, -0.15) is 0 Å². The smallest absolute Gasteiger partial charge is 0.339 e. The second-order valence-electron chi connectivity index (χ2n) is 6.14. The van der Waals surface area contributed by atoms with Crippen LogP contribution in [0.25, 0.3) is 16.6 Å². The van der Waals surface area contributed by atoms with E-state index in [2.05, 4.69) is 5.32 Å². The van der Waals surface area contributed by atoms with Crippen molar-refractivity contribution in [1.82, 2.24) is 9.88 Å². The first kappa shape index (κ1) is 18.5. The molecule has 0 aliphatic carbocycles. The normalized spacial score (nSPS) is 14.7. The molecule has 1 saturated heterocycles. The van der Waals surface area contributed by atoms with Crippen molar-refractivity contribution in [2.45, 2.75) is 18.9 Å². The first-order valence-corrected chi connectivity index (χ1v) is 8.94. The maximum Gasteiger partial charge on any atom is 0.339 e. The van der Waals surface area contributed by atoms with E-state index in [1.807, 2.05) is 42.5 Å². The van der Waals surface area contributed by atoms with Gasteiger partial charge in [0.05, 0.1) is 11.6 Å². The van der Waals surface area contributed by atoms with Crippen LogP contribution in [-0.4, -0.2) is 39.9 Å². The lowest BCUT2D eigenvalue weighted by molar-refractivity contribution is 0.0699. The van der Waals surface area contributed by atoms with E-state index in [1.54, 1.807) is 16.7 Å². The molecular weight excluding hydrogens is 352 g/mol. The molecule has 5 nitrogen and oxygen atoms in total. The lowest BCUT2D eigenvalue weighted by Crippen LogP contribution is -2.30. The van der Waals surface area contributed by atoms with Crippen molar-refractivity contribution in [1.29, 1.82) is 0 Å². The number of aliphatic hydroxyl groups excluding tert-OH is 1. The minimum absolute atomic E-state index is 0.0266. The Morgan fingerprint density at radius 1 is 1.04 bits per heavy atom. The van der Waals surface area contributed by atoms with Gasteiger partial charge in [-0.25, -0.2) is 4.79 Å². The van der Waals surface area contributed by atoms with Crippen molar-refractivity contribution >= 4 is 28.5 Å². The number of benzene rings is 2. The Balaban J connectivity index is 0.000000236.